The van der Waals surface area contributed by atoms with E-state index in [4.69, 9.17) is 19.3 Å². The van der Waals surface area contributed by atoms with Crippen LogP contribution in [0.5, 0.6) is 11.5 Å². The van der Waals surface area contributed by atoms with Gasteiger partial charge in [0.1, 0.15) is 28.6 Å². The molecule has 2 aromatic carbocycles. The fourth-order valence-electron chi connectivity index (χ4n) is 4.00. The Morgan fingerprint density at radius 2 is 1.31 bits per heavy atom. The SMILES string of the molecule is COC(=O)C1=C(O)CCc2c(OC)cccc21.COC(=O)OC.COc1cccc2c1CCC(=O)C2.C[O-].[Na+]. The van der Waals surface area contributed by atoms with E-state index < -0.39 is 12.1 Å². The number of hydrogen-bond acceptors (Lipinski definition) is 10. The minimum atomic E-state index is -0.657. The molecular formula is C28H35NaO10. The minimum Gasteiger partial charge on any atom is -0.857 e. The number of rotatable bonds is 3. The molecule has 0 radical (unpaired) electrons. The molecule has 0 saturated heterocycles. The number of Topliss-reactive ketones (excluding diaryl/α,β-unsaturated/α-hetero) is 1. The monoisotopic (exact) mass is 554 g/mol. The molecule has 10 nitrogen and oxygen atoms in total. The van der Waals surface area contributed by atoms with Crippen LogP contribution >= 0.6 is 0 Å². The average molecular weight is 555 g/mol. The van der Waals surface area contributed by atoms with Gasteiger partial charge < -0.3 is 33.9 Å². The maximum Gasteiger partial charge on any atom is 1.00 e. The van der Waals surface area contributed by atoms with Crippen molar-refractivity contribution in [2.24, 2.45) is 0 Å². The molecule has 0 heterocycles. The zero-order valence-electron chi connectivity index (χ0n) is 23.6. The summed E-state index contributed by atoms with van der Waals surface area (Å²) < 4.78 is 23.3. The fraction of sp³-hybridized carbons (Fsp3) is 0.393. The van der Waals surface area contributed by atoms with E-state index in [0.29, 0.717) is 37.0 Å². The van der Waals surface area contributed by atoms with E-state index in [0.717, 1.165) is 36.2 Å². The van der Waals surface area contributed by atoms with Gasteiger partial charge in [0, 0.05) is 24.8 Å². The number of fused-ring (bicyclic) bond motifs is 2. The van der Waals surface area contributed by atoms with E-state index in [1.807, 2.05) is 24.3 Å². The predicted molar refractivity (Wildman–Crippen MR) is 138 cm³/mol. The summed E-state index contributed by atoms with van der Waals surface area (Å²) in [5, 5.41) is 18.1. The molecule has 39 heavy (non-hydrogen) atoms. The van der Waals surface area contributed by atoms with Crippen LogP contribution in [-0.2, 0) is 43.1 Å². The first kappa shape index (κ1) is 35.9. The quantitative estimate of drug-likeness (QED) is 0.414. The van der Waals surface area contributed by atoms with Crippen LogP contribution < -0.4 is 44.1 Å². The molecule has 0 spiro atoms. The zero-order chi connectivity index (χ0) is 28.7. The average Bonchev–Trinajstić information content (AvgIpc) is 2.97. The first-order chi connectivity index (χ1) is 18.3. The third-order valence-corrected chi connectivity index (χ3v) is 5.74. The second kappa shape index (κ2) is 19.1. The van der Waals surface area contributed by atoms with Crippen molar-refractivity contribution in [1.82, 2.24) is 0 Å². The maximum absolute atomic E-state index is 11.7. The first-order valence-electron chi connectivity index (χ1n) is 11.7. The minimum absolute atomic E-state index is 0. The summed E-state index contributed by atoms with van der Waals surface area (Å²) >= 11 is 0. The molecule has 0 aliphatic heterocycles. The van der Waals surface area contributed by atoms with Crippen LogP contribution in [-0.4, -0.2) is 65.7 Å². The number of aliphatic hydroxyl groups excluding tert-OH is 1. The number of carbonyl (C=O) groups is 3. The van der Waals surface area contributed by atoms with Gasteiger partial charge in [-0.2, -0.15) is 7.11 Å². The second-order valence-electron chi connectivity index (χ2n) is 7.77. The van der Waals surface area contributed by atoms with Crippen LogP contribution in [0.15, 0.2) is 42.2 Å². The third-order valence-electron chi connectivity index (χ3n) is 5.74. The molecule has 4 rings (SSSR count). The molecular weight excluding hydrogens is 519 g/mol. The summed E-state index contributed by atoms with van der Waals surface area (Å²) in [6, 6.07) is 11.3. The Hall–Kier alpha value is -3.05. The Bertz CT molecular complexity index is 1120. The molecule has 0 amide bonds. The van der Waals surface area contributed by atoms with Crippen LogP contribution in [0.4, 0.5) is 4.79 Å². The fourth-order valence-corrected chi connectivity index (χ4v) is 4.00. The molecule has 0 aromatic heterocycles. The summed E-state index contributed by atoms with van der Waals surface area (Å²) in [6.07, 6.45) is 2.50. The summed E-state index contributed by atoms with van der Waals surface area (Å²) in [4.78, 5) is 32.6. The van der Waals surface area contributed by atoms with Gasteiger partial charge in [0.25, 0.3) is 0 Å². The van der Waals surface area contributed by atoms with Crippen LogP contribution in [0.25, 0.3) is 5.57 Å². The number of ether oxygens (including phenoxy) is 5. The van der Waals surface area contributed by atoms with Crippen molar-refractivity contribution in [3.05, 3.63) is 64.4 Å². The molecule has 0 fully saturated rings. The maximum atomic E-state index is 11.7. The summed E-state index contributed by atoms with van der Waals surface area (Å²) in [7, 11) is 7.83. The van der Waals surface area contributed by atoms with Crippen LogP contribution in [0, 0.1) is 0 Å². The summed E-state index contributed by atoms with van der Waals surface area (Å²) in [5.41, 5.74) is 4.22. The number of ketones is 1. The van der Waals surface area contributed by atoms with Crippen molar-refractivity contribution in [3.8, 4) is 11.5 Å². The Labute approximate surface area is 251 Å². The normalized spacial score (nSPS) is 12.5. The standard InChI is InChI=1S/C13H14O4.C11H12O2.C3H6O3.CH3O.Na/c1-16-11-5-3-4-9-8(11)6-7-10(14)12(9)13(15)17-2;1-13-11-4-2-3-8-7-9(12)5-6-10(8)11;1-5-3(4)6-2;1-2;/h3-5,14H,6-7H2,1-2H3;2-4H,5-7H2,1H3;1-2H3;1H3;/q;;;-1;+1. The Morgan fingerprint density at radius 1 is 0.769 bits per heavy atom. The molecule has 2 aliphatic carbocycles. The van der Waals surface area contributed by atoms with Gasteiger partial charge in [-0.1, -0.05) is 24.3 Å². The van der Waals surface area contributed by atoms with Crippen LogP contribution in [0.3, 0.4) is 0 Å². The summed E-state index contributed by atoms with van der Waals surface area (Å²) in [6.45, 7) is 0. The number of allylic oxidation sites excluding steroid dienone is 1. The van der Waals surface area contributed by atoms with E-state index in [2.05, 4.69) is 9.47 Å². The van der Waals surface area contributed by atoms with Gasteiger partial charge in [0.15, 0.2) is 0 Å². The molecule has 2 aromatic rings. The molecule has 0 saturated carbocycles. The van der Waals surface area contributed by atoms with E-state index in [1.54, 1.807) is 26.4 Å². The van der Waals surface area contributed by atoms with Crippen molar-refractivity contribution in [1.29, 1.82) is 0 Å². The topological polar surface area (TPSA) is 141 Å². The zero-order valence-corrected chi connectivity index (χ0v) is 25.6. The molecule has 0 atom stereocenters. The Morgan fingerprint density at radius 3 is 1.82 bits per heavy atom. The van der Waals surface area contributed by atoms with Crippen molar-refractivity contribution < 1.29 is 77.8 Å². The van der Waals surface area contributed by atoms with Gasteiger partial charge in [0.05, 0.1) is 35.5 Å². The van der Waals surface area contributed by atoms with Gasteiger partial charge in [-0.15, -0.1) is 0 Å². The molecule has 208 valence electrons. The predicted octanol–water partition coefficient (Wildman–Crippen LogP) is 0.216. The number of aliphatic hydroxyl groups is 1. The number of esters is 1. The molecule has 0 bridgehead atoms. The number of benzene rings is 2. The van der Waals surface area contributed by atoms with Gasteiger partial charge in [-0.3, -0.25) is 4.79 Å². The van der Waals surface area contributed by atoms with Crippen LogP contribution in [0.2, 0.25) is 0 Å². The van der Waals surface area contributed by atoms with E-state index in [9.17, 15) is 19.5 Å². The Kier molecular flexibility index (Phi) is 17.6. The largest absolute Gasteiger partial charge is 1.00 e. The van der Waals surface area contributed by atoms with Crippen molar-refractivity contribution in [3.63, 3.8) is 0 Å². The van der Waals surface area contributed by atoms with Crippen molar-refractivity contribution in [2.75, 3.05) is 42.7 Å². The number of methoxy groups -OCH3 is 5. The second-order valence-corrected chi connectivity index (χ2v) is 7.77. The van der Waals surface area contributed by atoms with E-state index >= 15 is 0 Å². The molecule has 2 aliphatic rings. The van der Waals surface area contributed by atoms with Gasteiger partial charge in [0.2, 0.25) is 0 Å². The van der Waals surface area contributed by atoms with E-state index in [1.165, 1.54) is 26.9 Å². The smallest absolute Gasteiger partial charge is 0.857 e. The number of hydrogen-bond donors (Lipinski definition) is 1. The first-order valence-corrected chi connectivity index (χ1v) is 11.7. The molecule has 11 heteroatoms. The van der Waals surface area contributed by atoms with Crippen molar-refractivity contribution in [2.45, 2.75) is 32.1 Å². The van der Waals surface area contributed by atoms with Crippen molar-refractivity contribution >= 4 is 23.5 Å². The molecule has 1 N–H and O–H groups in total. The van der Waals surface area contributed by atoms with Gasteiger partial charge in [-0.05, 0) is 41.7 Å². The van der Waals surface area contributed by atoms with Gasteiger partial charge in [-0.25, -0.2) is 9.59 Å². The number of carbonyl (C=O) groups excluding carboxylic acids is 3. The summed E-state index contributed by atoms with van der Waals surface area (Å²) in [5.74, 6) is 1.55. The third kappa shape index (κ3) is 10.2. The molecule has 0 unspecified atom stereocenters. The van der Waals surface area contributed by atoms with E-state index in [-0.39, 0.29) is 40.9 Å². The van der Waals surface area contributed by atoms with Crippen LogP contribution in [0.1, 0.15) is 35.1 Å². The van der Waals surface area contributed by atoms with Gasteiger partial charge >= 0.3 is 41.7 Å². The Balaban J connectivity index is 0.000000583.